The fraction of sp³-hybridized carbons (Fsp3) is 0.400. The molecule has 0 spiro atoms. The van der Waals surface area contributed by atoms with Gasteiger partial charge in [-0.15, -0.1) is 11.3 Å². The van der Waals surface area contributed by atoms with Crippen LogP contribution in [0.4, 0.5) is 4.39 Å². The Bertz CT molecular complexity index is 519. The van der Waals surface area contributed by atoms with Crippen molar-refractivity contribution >= 4 is 11.3 Å². The number of hydrogen-bond donors (Lipinski definition) is 1. The molecule has 0 unspecified atom stereocenters. The molecule has 102 valence electrons. The van der Waals surface area contributed by atoms with Crippen LogP contribution in [-0.2, 0) is 13.0 Å². The van der Waals surface area contributed by atoms with Crippen molar-refractivity contribution in [3.8, 4) is 0 Å². The van der Waals surface area contributed by atoms with Gasteiger partial charge in [0.2, 0.25) is 0 Å². The van der Waals surface area contributed by atoms with Crippen molar-refractivity contribution in [2.24, 2.45) is 0 Å². The summed E-state index contributed by atoms with van der Waals surface area (Å²) in [6.07, 6.45) is 1.92. The minimum atomic E-state index is -0.191. The van der Waals surface area contributed by atoms with Gasteiger partial charge in [0, 0.05) is 17.8 Å². The highest BCUT2D eigenvalue weighted by molar-refractivity contribution is 7.11. The molecule has 0 fully saturated rings. The first kappa shape index (κ1) is 14.2. The zero-order valence-electron chi connectivity index (χ0n) is 11.4. The molecule has 2 nitrogen and oxygen atoms in total. The Labute approximate surface area is 117 Å². The molecule has 2 aromatic rings. The van der Waals surface area contributed by atoms with Gasteiger partial charge in [-0.3, -0.25) is 0 Å². The third kappa shape index (κ3) is 4.11. The van der Waals surface area contributed by atoms with Crippen LogP contribution < -0.4 is 5.32 Å². The molecule has 0 aliphatic heterocycles. The highest BCUT2D eigenvalue weighted by atomic mass is 32.1. The molecule has 0 atom stereocenters. The van der Waals surface area contributed by atoms with Crippen LogP contribution in [0.25, 0.3) is 0 Å². The number of nitrogens with one attached hydrogen (secondary N) is 1. The molecule has 4 heteroatoms. The predicted octanol–water partition coefficient (Wildman–Crippen LogP) is 3.68. The summed E-state index contributed by atoms with van der Waals surface area (Å²) >= 11 is 1.74. The summed E-state index contributed by atoms with van der Waals surface area (Å²) in [6.45, 7) is 6.13. The maximum atomic E-state index is 12.8. The number of benzene rings is 1. The fourth-order valence-corrected chi connectivity index (χ4v) is 2.96. The van der Waals surface area contributed by atoms with E-state index in [-0.39, 0.29) is 5.82 Å². The molecule has 0 bridgehead atoms. The molecular formula is C15H19FN2S. The van der Waals surface area contributed by atoms with Gasteiger partial charge in [-0.1, -0.05) is 19.1 Å². The van der Waals surface area contributed by atoms with E-state index in [0.29, 0.717) is 0 Å². The average Bonchev–Trinajstić information content (AvgIpc) is 2.73. The molecule has 1 aromatic heterocycles. The van der Waals surface area contributed by atoms with Crippen LogP contribution in [0.1, 0.15) is 34.5 Å². The normalized spacial score (nSPS) is 10.9. The quantitative estimate of drug-likeness (QED) is 0.815. The molecule has 1 heterocycles. The average molecular weight is 278 g/mol. The Morgan fingerprint density at radius 3 is 2.68 bits per heavy atom. The smallest absolute Gasteiger partial charge is 0.123 e. The molecule has 1 aromatic carbocycles. The summed E-state index contributed by atoms with van der Waals surface area (Å²) in [4.78, 5) is 5.89. The maximum Gasteiger partial charge on any atom is 0.123 e. The number of aromatic nitrogens is 1. The van der Waals surface area contributed by atoms with Gasteiger partial charge in [0.15, 0.2) is 0 Å². The van der Waals surface area contributed by atoms with E-state index < -0.39 is 0 Å². The maximum absolute atomic E-state index is 12.8. The molecule has 1 N–H and O–H groups in total. The summed E-state index contributed by atoms with van der Waals surface area (Å²) < 4.78 is 12.8. The molecular weight excluding hydrogens is 259 g/mol. The predicted molar refractivity (Wildman–Crippen MR) is 78.1 cm³/mol. The van der Waals surface area contributed by atoms with Gasteiger partial charge in [-0.25, -0.2) is 9.37 Å². The SMILES string of the molecule is CCCNCc1sc(Cc2ccc(F)cc2)nc1C. The Hall–Kier alpha value is -1.26. The molecule has 2 rings (SSSR count). The molecule has 0 radical (unpaired) electrons. The first-order valence-corrected chi connectivity index (χ1v) is 7.41. The van der Waals surface area contributed by atoms with E-state index >= 15 is 0 Å². The first-order chi connectivity index (χ1) is 9.19. The number of rotatable bonds is 6. The van der Waals surface area contributed by atoms with Crippen LogP contribution in [-0.4, -0.2) is 11.5 Å². The van der Waals surface area contributed by atoms with Crippen LogP contribution in [0.5, 0.6) is 0 Å². The van der Waals surface area contributed by atoms with Gasteiger partial charge < -0.3 is 5.32 Å². The third-order valence-electron chi connectivity index (χ3n) is 2.92. The number of halogens is 1. The molecule has 0 aliphatic carbocycles. The summed E-state index contributed by atoms with van der Waals surface area (Å²) in [5, 5.41) is 4.49. The second-order valence-corrected chi connectivity index (χ2v) is 5.76. The number of thiazole rings is 1. The van der Waals surface area contributed by atoms with Crippen molar-refractivity contribution in [1.82, 2.24) is 10.3 Å². The Morgan fingerprint density at radius 1 is 1.26 bits per heavy atom. The lowest BCUT2D eigenvalue weighted by Gasteiger charge is -2.00. The zero-order valence-corrected chi connectivity index (χ0v) is 12.2. The minimum absolute atomic E-state index is 0.191. The lowest BCUT2D eigenvalue weighted by atomic mass is 10.1. The Balaban J connectivity index is 2.01. The van der Waals surface area contributed by atoms with E-state index in [1.54, 1.807) is 11.3 Å². The van der Waals surface area contributed by atoms with Crippen molar-refractivity contribution < 1.29 is 4.39 Å². The van der Waals surface area contributed by atoms with Gasteiger partial charge in [-0.2, -0.15) is 0 Å². The lowest BCUT2D eigenvalue weighted by Crippen LogP contribution is -2.13. The number of nitrogens with zero attached hydrogens (tertiary/aromatic N) is 1. The van der Waals surface area contributed by atoms with Crippen LogP contribution >= 0.6 is 11.3 Å². The minimum Gasteiger partial charge on any atom is -0.312 e. The zero-order chi connectivity index (χ0) is 13.7. The Kier molecular flexibility index (Phi) is 5.05. The van der Waals surface area contributed by atoms with E-state index in [2.05, 4.69) is 17.2 Å². The molecule has 0 saturated heterocycles. The van der Waals surface area contributed by atoms with E-state index in [4.69, 9.17) is 0 Å². The molecule has 0 amide bonds. The van der Waals surface area contributed by atoms with Crippen LogP contribution in [0.3, 0.4) is 0 Å². The summed E-state index contributed by atoms with van der Waals surface area (Å²) in [6, 6.07) is 6.64. The van der Waals surface area contributed by atoms with Crippen molar-refractivity contribution in [1.29, 1.82) is 0 Å². The first-order valence-electron chi connectivity index (χ1n) is 6.59. The summed E-state index contributed by atoms with van der Waals surface area (Å²) in [5.74, 6) is -0.191. The molecule has 19 heavy (non-hydrogen) atoms. The van der Waals surface area contributed by atoms with E-state index in [9.17, 15) is 4.39 Å². The largest absolute Gasteiger partial charge is 0.312 e. The summed E-state index contributed by atoms with van der Waals surface area (Å²) in [7, 11) is 0. The van der Waals surface area contributed by atoms with E-state index in [1.807, 2.05) is 19.1 Å². The van der Waals surface area contributed by atoms with E-state index in [1.165, 1.54) is 17.0 Å². The van der Waals surface area contributed by atoms with Crippen molar-refractivity contribution in [3.05, 3.63) is 51.2 Å². The van der Waals surface area contributed by atoms with Gasteiger partial charge in [0.05, 0.1) is 10.7 Å². The van der Waals surface area contributed by atoms with E-state index in [0.717, 1.165) is 42.2 Å². The van der Waals surface area contributed by atoms with Crippen molar-refractivity contribution in [3.63, 3.8) is 0 Å². The van der Waals surface area contributed by atoms with Crippen molar-refractivity contribution in [2.45, 2.75) is 33.2 Å². The molecule has 0 aliphatic rings. The lowest BCUT2D eigenvalue weighted by molar-refractivity contribution is 0.627. The van der Waals surface area contributed by atoms with Crippen LogP contribution in [0, 0.1) is 12.7 Å². The highest BCUT2D eigenvalue weighted by Gasteiger charge is 2.08. The van der Waals surface area contributed by atoms with Crippen LogP contribution in [0.2, 0.25) is 0 Å². The second kappa shape index (κ2) is 6.78. The van der Waals surface area contributed by atoms with Gasteiger partial charge in [-0.05, 0) is 37.6 Å². The monoisotopic (exact) mass is 278 g/mol. The number of aryl methyl sites for hydroxylation is 1. The van der Waals surface area contributed by atoms with Gasteiger partial charge in [0.25, 0.3) is 0 Å². The Morgan fingerprint density at radius 2 is 2.00 bits per heavy atom. The second-order valence-electron chi connectivity index (χ2n) is 4.60. The van der Waals surface area contributed by atoms with Crippen molar-refractivity contribution in [2.75, 3.05) is 6.54 Å². The standard InChI is InChI=1S/C15H19FN2S/c1-3-8-17-10-14-11(2)18-15(19-14)9-12-4-6-13(16)7-5-12/h4-7,17H,3,8-10H2,1-2H3. The molecule has 0 saturated carbocycles. The van der Waals surface area contributed by atoms with Gasteiger partial charge >= 0.3 is 0 Å². The number of hydrogen-bond acceptors (Lipinski definition) is 3. The topological polar surface area (TPSA) is 24.9 Å². The van der Waals surface area contributed by atoms with Gasteiger partial charge in [0.1, 0.15) is 5.82 Å². The highest BCUT2D eigenvalue weighted by Crippen LogP contribution is 2.20. The fourth-order valence-electron chi connectivity index (χ4n) is 1.88. The summed E-state index contributed by atoms with van der Waals surface area (Å²) in [5.41, 5.74) is 2.20. The third-order valence-corrected chi connectivity index (χ3v) is 4.08. The van der Waals surface area contributed by atoms with Crippen LogP contribution in [0.15, 0.2) is 24.3 Å².